The van der Waals surface area contributed by atoms with Crippen molar-refractivity contribution in [1.82, 2.24) is 9.97 Å². The maximum absolute atomic E-state index is 11.3. The molecular formula is C13H17N5O3. The summed E-state index contributed by atoms with van der Waals surface area (Å²) in [5.41, 5.74) is -0.125. The van der Waals surface area contributed by atoms with Crippen LogP contribution in [0.2, 0.25) is 0 Å². The number of nitro groups is 1. The molecule has 0 fully saturated rings. The van der Waals surface area contributed by atoms with Crippen LogP contribution in [-0.4, -0.2) is 28.5 Å². The average molecular weight is 291 g/mol. The van der Waals surface area contributed by atoms with Crippen LogP contribution < -0.4 is 10.2 Å². The van der Waals surface area contributed by atoms with Crippen LogP contribution in [-0.2, 0) is 6.54 Å². The number of aromatic nitrogens is 2. The van der Waals surface area contributed by atoms with Crippen molar-refractivity contribution in [3.05, 3.63) is 40.6 Å². The van der Waals surface area contributed by atoms with E-state index in [4.69, 9.17) is 4.42 Å². The van der Waals surface area contributed by atoms with Gasteiger partial charge in [0, 0.05) is 13.6 Å². The fourth-order valence-electron chi connectivity index (χ4n) is 1.90. The number of hydrogen-bond acceptors (Lipinski definition) is 7. The Hall–Kier alpha value is -2.64. The van der Waals surface area contributed by atoms with Crippen LogP contribution in [0.5, 0.6) is 0 Å². The van der Waals surface area contributed by atoms with E-state index in [0.29, 0.717) is 18.8 Å². The van der Waals surface area contributed by atoms with Crippen molar-refractivity contribution in [3.63, 3.8) is 0 Å². The second kappa shape index (κ2) is 6.69. The second-order valence-corrected chi connectivity index (χ2v) is 4.51. The molecule has 2 aromatic heterocycles. The summed E-state index contributed by atoms with van der Waals surface area (Å²) in [5, 5.41) is 14.3. The molecule has 8 heteroatoms. The highest BCUT2D eigenvalue weighted by molar-refractivity contribution is 5.70. The largest absolute Gasteiger partial charge is 0.467 e. The van der Waals surface area contributed by atoms with Crippen molar-refractivity contribution >= 4 is 17.3 Å². The minimum Gasteiger partial charge on any atom is -0.467 e. The van der Waals surface area contributed by atoms with Crippen LogP contribution in [0.1, 0.15) is 19.1 Å². The number of rotatable bonds is 7. The van der Waals surface area contributed by atoms with Crippen molar-refractivity contribution in [3.8, 4) is 0 Å². The van der Waals surface area contributed by atoms with Crippen LogP contribution >= 0.6 is 0 Å². The number of nitrogens with zero attached hydrogens (tertiary/aromatic N) is 4. The molecule has 8 nitrogen and oxygen atoms in total. The molecule has 0 amide bonds. The van der Waals surface area contributed by atoms with E-state index in [0.717, 1.165) is 6.42 Å². The molecule has 2 aromatic rings. The van der Waals surface area contributed by atoms with E-state index < -0.39 is 4.92 Å². The van der Waals surface area contributed by atoms with Gasteiger partial charge in [-0.3, -0.25) is 10.1 Å². The summed E-state index contributed by atoms with van der Waals surface area (Å²) in [6.45, 7) is 2.97. The first-order valence-corrected chi connectivity index (χ1v) is 6.60. The second-order valence-electron chi connectivity index (χ2n) is 4.51. The van der Waals surface area contributed by atoms with Gasteiger partial charge in [-0.25, -0.2) is 9.97 Å². The summed E-state index contributed by atoms with van der Waals surface area (Å²) in [4.78, 5) is 20.5. The molecule has 0 atom stereocenters. The van der Waals surface area contributed by atoms with Gasteiger partial charge in [-0.1, -0.05) is 6.92 Å². The number of nitrogens with one attached hydrogen (secondary N) is 1. The SMILES string of the molecule is CCCNc1ncnc(N(C)Cc2ccco2)c1[N+](=O)[O-]. The molecule has 2 heterocycles. The van der Waals surface area contributed by atoms with Crippen molar-refractivity contribution in [2.24, 2.45) is 0 Å². The lowest BCUT2D eigenvalue weighted by atomic mass is 10.3. The molecule has 2 rings (SSSR count). The zero-order chi connectivity index (χ0) is 15.2. The highest BCUT2D eigenvalue weighted by Gasteiger charge is 2.25. The highest BCUT2D eigenvalue weighted by Crippen LogP contribution is 2.31. The lowest BCUT2D eigenvalue weighted by Crippen LogP contribution is -2.20. The van der Waals surface area contributed by atoms with Gasteiger partial charge < -0.3 is 14.6 Å². The van der Waals surface area contributed by atoms with E-state index in [-0.39, 0.29) is 17.3 Å². The normalized spacial score (nSPS) is 10.4. The van der Waals surface area contributed by atoms with Crippen molar-refractivity contribution in [1.29, 1.82) is 0 Å². The molecule has 0 spiro atoms. The quantitative estimate of drug-likeness (QED) is 0.618. The number of furan rings is 1. The van der Waals surface area contributed by atoms with E-state index >= 15 is 0 Å². The van der Waals surface area contributed by atoms with Crippen molar-refractivity contribution in [2.45, 2.75) is 19.9 Å². The summed E-state index contributed by atoms with van der Waals surface area (Å²) >= 11 is 0. The standard InChI is InChI=1S/C13H17N5O3/c1-3-6-14-12-11(18(19)20)13(16-9-15-12)17(2)8-10-5-4-7-21-10/h4-5,7,9H,3,6,8H2,1-2H3,(H,14,15,16). The summed E-state index contributed by atoms with van der Waals surface area (Å²) in [6, 6.07) is 3.57. The van der Waals surface area contributed by atoms with Crippen LogP contribution in [0.4, 0.5) is 17.3 Å². The molecule has 0 saturated carbocycles. The topological polar surface area (TPSA) is 97.3 Å². The first-order valence-electron chi connectivity index (χ1n) is 6.60. The molecule has 112 valence electrons. The Morgan fingerprint density at radius 2 is 2.29 bits per heavy atom. The van der Waals surface area contributed by atoms with Crippen molar-refractivity contribution in [2.75, 3.05) is 23.8 Å². The lowest BCUT2D eigenvalue weighted by molar-refractivity contribution is -0.383. The molecule has 0 unspecified atom stereocenters. The fourth-order valence-corrected chi connectivity index (χ4v) is 1.90. The van der Waals surface area contributed by atoms with Gasteiger partial charge in [-0.2, -0.15) is 0 Å². The van der Waals surface area contributed by atoms with Gasteiger partial charge in [-0.15, -0.1) is 0 Å². The Morgan fingerprint density at radius 3 is 2.90 bits per heavy atom. The van der Waals surface area contributed by atoms with Crippen LogP contribution in [0.3, 0.4) is 0 Å². The lowest BCUT2D eigenvalue weighted by Gasteiger charge is -2.17. The zero-order valence-electron chi connectivity index (χ0n) is 11.9. The van der Waals surface area contributed by atoms with Gasteiger partial charge >= 0.3 is 5.69 Å². The Morgan fingerprint density at radius 1 is 1.48 bits per heavy atom. The Labute approximate surface area is 122 Å². The minimum absolute atomic E-state index is 0.125. The monoisotopic (exact) mass is 291 g/mol. The molecule has 0 aliphatic rings. The highest BCUT2D eigenvalue weighted by atomic mass is 16.6. The minimum atomic E-state index is -0.466. The van der Waals surface area contributed by atoms with E-state index in [1.165, 1.54) is 6.33 Å². The molecule has 21 heavy (non-hydrogen) atoms. The number of hydrogen-bond donors (Lipinski definition) is 1. The van der Waals surface area contributed by atoms with Gasteiger partial charge in [0.25, 0.3) is 0 Å². The Bertz CT molecular complexity index is 600. The molecule has 0 aliphatic carbocycles. The fraction of sp³-hybridized carbons (Fsp3) is 0.385. The third kappa shape index (κ3) is 3.47. The molecule has 0 aliphatic heterocycles. The summed E-state index contributed by atoms with van der Waals surface area (Å²) in [7, 11) is 1.72. The van der Waals surface area contributed by atoms with Gasteiger partial charge in [-0.05, 0) is 18.6 Å². The summed E-state index contributed by atoms with van der Waals surface area (Å²) in [5.74, 6) is 1.19. The summed E-state index contributed by atoms with van der Waals surface area (Å²) < 4.78 is 5.25. The van der Waals surface area contributed by atoms with Crippen LogP contribution in [0.25, 0.3) is 0 Å². The van der Waals surface area contributed by atoms with Crippen molar-refractivity contribution < 1.29 is 9.34 Å². The third-order valence-electron chi connectivity index (χ3n) is 2.86. The molecular weight excluding hydrogens is 274 g/mol. The van der Waals surface area contributed by atoms with Gasteiger partial charge in [0.05, 0.1) is 17.7 Å². The Kier molecular flexibility index (Phi) is 4.70. The first kappa shape index (κ1) is 14.8. The number of anilines is 2. The smallest absolute Gasteiger partial charge is 0.353 e. The molecule has 1 N–H and O–H groups in total. The predicted octanol–water partition coefficient (Wildman–Crippen LogP) is 2.44. The Balaban J connectivity index is 2.30. The van der Waals surface area contributed by atoms with E-state index in [2.05, 4.69) is 15.3 Å². The summed E-state index contributed by atoms with van der Waals surface area (Å²) in [6.07, 6.45) is 3.73. The zero-order valence-corrected chi connectivity index (χ0v) is 11.9. The van der Waals surface area contributed by atoms with Gasteiger partial charge in [0.15, 0.2) is 0 Å². The average Bonchev–Trinajstić information content (AvgIpc) is 2.97. The van der Waals surface area contributed by atoms with Crippen LogP contribution in [0, 0.1) is 10.1 Å². The van der Waals surface area contributed by atoms with Gasteiger partial charge in [0.2, 0.25) is 11.6 Å². The van der Waals surface area contributed by atoms with E-state index in [1.54, 1.807) is 30.3 Å². The first-order chi connectivity index (χ1) is 10.1. The maximum Gasteiger partial charge on any atom is 0.353 e. The van der Waals surface area contributed by atoms with Gasteiger partial charge in [0.1, 0.15) is 12.1 Å². The predicted molar refractivity (Wildman–Crippen MR) is 78.3 cm³/mol. The van der Waals surface area contributed by atoms with Crippen LogP contribution in [0.15, 0.2) is 29.1 Å². The van der Waals surface area contributed by atoms with E-state index in [1.807, 2.05) is 6.92 Å². The molecule has 0 aromatic carbocycles. The maximum atomic E-state index is 11.3. The third-order valence-corrected chi connectivity index (χ3v) is 2.86. The van der Waals surface area contributed by atoms with E-state index in [9.17, 15) is 10.1 Å². The molecule has 0 bridgehead atoms. The molecule has 0 radical (unpaired) electrons. The molecule has 0 saturated heterocycles.